The van der Waals surface area contributed by atoms with Crippen LogP contribution in [-0.4, -0.2) is 30.9 Å². The zero-order chi connectivity index (χ0) is 19.7. The maximum absolute atomic E-state index is 13.3. The lowest BCUT2D eigenvalue weighted by molar-refractivity contribution is -0.129. The zero-order valence-corrected chi connectivity index (χ0v) is 15.8. The molecule has 0 fully saturated rings. The van der Waals surface area contributed by atoms with Gasteiger partial charge in [-0.15, -0.1) is 0 Å². The van der Waals surface area contributed by atoms with Crippen molar-refractivity contribution in [3.63, 3.8) is 0 Å². The van der Waals surface area contributed by atoms with Gasteiger partial charge < -0.3 is 14.6 Å². The van der Waals surface area contributed by atoms with Crippen molar-refractivity contribution in [1.82, 2.24) is 4.90 Å². The highest BCUT2D eigenvalue weighted by Crippen LogP contribution is 2.34. The highest BCUT2D eigenvalue weighted by atomic mass is 35.5. The molecule has 0 spiro atoms. The standard InChI is InChI=1S/C20H18ClFN2O3/c1-11(20(26)24(2)3)23-13-5-7-15-16(10-19(25)27-18(15)9-13)14-6-4-12(22)8-17(14)21/h4-11,23H,1-3H3/t11-/m1/s1. The number of nitrogens with zero attached hydrogens (tertiary/aromatic N) is 1. The molecule has 3 aromatic rings. The van der Waals surface area contributed by atoms with E-state index < -0.39 is 17.5 Å². The number of hydrogen-bond donors (Lipinski definition) is 1. The number of carbonyl (C=O) groups is 1. The number of rotatable bonds is 4. The molecule has 0 saturated heterocycles. The summed E-state index contributed by atoms with van der Waals surface area (Å²) in [6, 6.07) is 10.1. The fourth-order valence-electron chi connectivity index (χ4n) is 2.88. The second-order valence-electron chi connectivity index (χ2n) is 6.41. The van der Waals surface area contributed by atoms with Crippen LogP contribution < -0.4 is 10.9 Å². The normalized spacial score (nSPS) is 12.0. The molecule has 0 bridgehead atoms. The predicted octanol–water partition coefficient (Wildman–Crippen LogP) is 4.14. The first-order valence-corrected chi connectivity index (χ1v) is 8.65. The molecule has 0 unspecified atom stereocenters. The lowest BCUT2D eigenvalue weighted by Crippen LogP contribution is -2.36. The van der Waals surface area contributed by atoms with Gasteiger partial charge in [0.05, 0.1) is 5.02 Å². The Morgan fingerprint density at radius 1 is 1.15 bits per heavy atom. The third-order valence-electron chi connectivity index (χ3n) is 4.16. The predicted molar refractivity (Wildman–Crippen MR) is 105 cm³/mol. The Morgan fingerprint density at radius 2 is 1.89 bits per heavy atom. The average molecular weight is 389 g/mol. The summed E-state index contributed by atoms with van der Waals surface area (Å²) in [7, 11) is 3.36. The summed E-state index contributed by atoms with van der Waals surface area (Å²) in [5.41, 5.74) is 1.51. The van der Waals surface area contributed by atoms with Gasteiger partial charge in [-0.1, -0.05) is 11.6 Å². The molecule has 1 atom stereocenters. The van der Waals surface area contributed by atoms with Crippen LogP contribution in [-0.2, 0) is 4.79 Å². The van der Waals surface area contributed by atoms with Gasteiger partial charge in [-0.25, -0.2) is 9.18 Å². The van der Waals surface area contributed by atoms with Gasteiger partial charge in [-0.2, -0.15) is 0 Å². The van der Waals surface area contributed by atoms with Gasteiger partial charge in [0.25, 0.3) is 0 Å². The fourth-order valence-corrected chi connectivity index (χ4v) is 3.15. The number of nitrogens with one attached hydrogen (secondary N) is 1. The van der Waals surface area contributed by atoms with E-state index in [0.29, 0.717) is 27.8 Å². The summed E-state index contributed by atoms with van der Waals surface area (Å²) >= 11 is 6.15. The topological polar surface area (TPSA) is 62.6 Å². The quantitative estimate of drug-likeness (QED) is 0.682. The molecule has 5 nitrogen and oxygen atoms in total. The number of fused-ring (bicyclic) bond motifs is 1. The first-order valence-electron chi connectivity index (χ1n) is 8.27. The van der Waals surface area contributed by atoms with Crippen molar-refractivity contribution in [3.05, 3.63) is 63.7 Å². The van der Waals surface area contributed by atoms with E-state index >= 15 is 0 Å². The molecule has 0 aliphatic heterocycles. The number of halogens is 2. The van der Waals surface area contributed by atoms with E-state index in [4.69, 9.17) is 16.0 Å². The Kier molecular flexibility index (Phi) is 5.19. The lowest BCUT2D eigenvalue weighted by Gasteiger charge is -2.19. The van der Waals surface area contributed by atoms with E-state index in [-0.39, 0.29) is 10.9 Å². The van der Waals surface area contributed by atoms with Crippen LogP contribution in [0.4, 0.5) is 10.1 Å². The van der Waals surface area contributed by atoms with Crippen LogP contribution in [0.15, 0.2) is 51.7 Å². The third kappa shape index (κ3) is 3.95. The van der Waals surface area contributed by atoms with Crippen molar-refractivity contribution in [2.75, 3.05) is 19.4 Å². The average Bonchev–Trinajstić information content (AvgIpc) is 2.60. The van der Waals surface area contributed by atoms with Crippen molar-refractivity contribution in [2.45, 2.75) is 13.0 Å². The Morgan fingerprint density at radius 3 is 2.56 bits per heavy atom. The number of carbonyl (C=O) groups excluding carboxylic acids is 1. The van der Waals surface area contributed by atoms with E-state index in [0.717, 1.165) is 0 Å². The molecular formula is C20H18ClFN2O3. The highest BCUT2D eigenvalue weighted by molar-refractivity contribution is 6.33. The molecule has 1 amide bonds. The zero-order valence-electron chi connectivity index (χ0n) is 15.0. The Labute approximate surface area is 160 Å². The molecule has 0 aliphatic carbocycles. The molecule has 2 aromatic carbocycles. The number of benzene rings is 2. The molecule has 1 aromatic heterocycles. The van der Waals surface area contributed by atoms with E-state index in [2.05, 4.69) is 5.32 Å². The van der Waals surface area contributed by atoms with Crippen LogP contribution in [0.5, 0.6) is 0 Å². The lowest BCUT2D eigenvalue weighted by atomic mass is 10.0. The molecule has 0 aliphatic rings. The van der Waals surface area contributed by atoms with Gasteiger partial charge in [0.15, 0.2) is 0 Å². The molecule has 3 rings (SSSR count). The molecular weight excluding hydrogens is 371 g/mol. The monoisotopic (exact) mass is 388 g/mol. The summed E-state index contributed by atoms with van der Waals surface area (Å²) in [4.78, 5) is 25.5. The van der Waals surface area contributed by atoms with E-state index in [1.165, 1.54) is 29.2 Å². The van der Waals surface area contributed by atoms with E-state index in [1.54, 1.807) is 39.2 Å². The van der Waals surface area contributed by atoms with Gasteiger partial charge >= 0.3 is 5.63 Å². The van der Waals surface area contributed by atoms with Gasteiger partial charge in [-0.05, 0) is 37.3 Å². The first kappa shape index (κ1) is 18.9. The minimum absolute atomic E-state index is 0.0802. The largest absolute Gasteiger partial charge is 0.423 e. The summed E-state index contributed by atoms with van der Waals surface area (Å²) < 4.78 is 18.7. The highest BCUT2D eigenvalue weighted by Gasteiger charge is 2.16. The Bertz CT molecular complexity index is 1080. The van der Waals surface area contributed by atoms with Crippen LogP contribution in [0.2, 0.25) is 5.02 Å². The van der Waals surface area contributed by atoms with Crippen molar-refractivity contribution >= 4 is 34.2 Å². The van der Waals surface area contributed by atoms with Crippen molar-refractivity contribution in [2.24, 2.45) is 0 Å². The Balaban J connectivity index is 2.06. The second kappa shape index (κ2) is 7.40. The summed E-state index contributed by atoms with van der Waals surface area (Å²) in [6.07, 6.45) is 0. The maximum Gasteiger partial charge on any atom is 0.336 e. The van der Waals surface area contributed by atoms with E-state index in [9.17, 15) is 14.0 Å². The summed E-state index contributed by atoms with van der Waals surface area (Å²) in [6.45, 7) is 1.75. The molecule has 27 heavy (non-hydrogen) atoms. The Hall–Kier alpha value is -2.86. The smallest absolute Gasteiger partial charge is 0.336 e. The molecule has 0 saturated carbocycles. The molecule has 140 valence electrons. The molecule has 7 heteroatoms. The van der Waals surface area contributed by atoms with Crippen LogP contribution in [0, 0.1) is 5.82 Å². The van der Waals surface area contributed by atoms with Gasteiger partial charge in [0, 0.05) is 48.4 Å². The number of hydrogen-bond acceptors (Lipinski definition) is 4. The van der Waals surface area contributed by atoms with Gasteiger partial charge in [-0.3, -0.25) is 4.79 Å². The van der Waals surface area contributed by atoms with Gasteiger partial charge in [0.2, 0.25) is 5.91 Å². The van der Waals surface area contributed by atoms with Crippen LogP contribution in [0.25, 0.3) is 22.1 Å². The third-order valence-corrected chi connectivity index (χ3v) is 4.47. The molecule has 1 N–H and O–H groups in total. The van der Waals surface area contributed by atoms with Crippen LogP contribution in [0.1, 0.15) is 6.92 Å². The maximum atomic E-state index is 13.3. The minimum Gasteiger partial charge on any atom is -0.423 e. The van der Waals surface area contributed by atoms with Crippen molar-refractivity contribution in [1.29, 1.82) is 0 Å². The number of anilines is 1. The first-order chi connectivity index (χ1) is 12.8. The minimum atomic E-state index is -0.549. The summed E-state index contributed by atoms with van der Waals surface area (Å²) in [5.74, 6) is -0.537. The number of likely N-dealkylation sites (N-methyl/N-ethyl adjacent to an activating group) is 1. The van der Waals surface area contributed by atoms with Crippen molar-refractivity contribution in [3.8, 4) is 11.1 Å². The fraction of sp³-hybridized carbons (Fsp3) is 0.200. The SMILES string of the molecule is C[C@@H](Nc1ccc2c(-c3ccc(F)cc3Cl)cc(=O)oc2c1)C(=O)N(C)C. The second-order valence-corrected chi connectivity index (χ2v) is 6.82. The van der Waals surface area contributed by atoms with E-state index in [1.807, 2.05) is 0 Å². The molecule has 1 heterocycles. The number of amides is 1. The van der Waals surface area contributed by atoms with Crippen LogP contribution >= 0.6 is 11.6 Å². The van der Waals surface area contributed by atoms with Crippen molar-refractivity contribution < 1.29 is 13.6 Å². The van der Waals surface area contributed by atoms with Crippen LogP contribution in [0.3, 0.4) is 0 Å². The van der Waals surface area contributed by atoms with Gasteiger partial charge in [0.1, 0.15) is 17.4 Å². The summed E-state index contributed by atoms with van der Waals surface area (Å²) in [5, 5.41) is 3.94. The molecule has 0 radical (unpaired) electrons.